The quantitative estimate of drug-likeness (QED) is 0.374. The molecule has 0 saturated carbocycles. The van der Waals surface area contributed by atoms with Gasteiger partial charge >= 0.3 is 12.7 Å². The van der Waals surface area contributed by atoms with Gasteiger partial charge in [0.05, 0.1) is 0 Å². The summed E-state index contributed by atoms with van der Waals surface area (Å²) in [6.45, 7) is 0. The molecule has 1 aliphatic rings. The van der Waals surface area contributed by atoms with E-state index in [-0.39, 0.29) is 0 Å². The molecule has 0 aromatic heterocycles. The lowest BCUT2D eigenvalue weighted by Crippen LogP contribution is -1.61. The summed E-state index contributed by atoms with van der Waals surface area (Å²) in [5, 5.41) is 0. The molecule has 0 unspecified atom stereocenters. The Kier molecular flexibility index (Phi) is 0.390. The maximum absolute atomic E-state index is 4.35. The molecule has 24 valence electrons. The number of hydrogen-bond acceptors (Lipinski definition) is 2. The Labute approximate surface area is 29.8 Å². The van der Waals surface area contributed by atoms with Crippen LogP contribution in [0.15, 0.2) is 11.2 Å². The molecule has 0 aromatic rings. The van der Waals surface area contributed by atoms with Gasteiger partial charge in [0.1, 0.15) is 0 Å². The van der Waals surface area contributed by atoms with Gasteiger partial charge in [-0.2, -0.15) is 0 Å². The lowest BCUT2D eigenvalue weighted by atomic mass is 11.0. The molecule has 0 radical (unpaired) electrons. The highest BCUT2D eigenvalue weighted by Crippen LogP contribution is 1.80. The molecule has 0 spiro atoms. The lowest BCUT2D eigenvalue weighted by molar-refractivity contribution is 0.477. The predicted octanol–water partition coefficient (Wildman–Crippen LogP) is 0.319. The fourth-order valence-corrected chi connectivity index (χ4v) is 0.152. The van der Waals surface area contributed by atoms with Gasteiger partial charge in [-0.1, -0.05) is 4.99 Å². The van der Waals surface area contributed by atoms with Crippen molar-refractivity contribution in [3.05, 3.63) is 12.5 Å². The molecular formula is C3H2NO+. The molecule has 0 N–H and O–H groups in total. The number of nitrogens with zero attached hydrogens (tertiary/aromatic N) is 1. The molecule has 0 saturated heterocycles. The van der Waals surface area contributed by atoms with Gasteiger partial charge in [-0.25, -0.2) is 4.74 Å². The van der Waals surface area contributed by atoms with Gasteiger partial charge in [0.15, 0.2) is 0 Å². The molecule has 0 fully saturated rings. The van der Waals surface area contributed by atoms with Crippen LogP contribution in [0.4, 0.5) is 0 Å². The van der Waals surface area contributed by atoms with Gasteiger partial charge in [0.25, 0.3) is 0 Å². The van der Waals surface area contributed by atoms with E-state index in [2.05, 4.69) is 16.0 Å². The van der Waals surface area contributed by atoms with Crippen LogP contribution in [0.25, 0.3) is 0 Å². The minimum absolute atomic E-state index is 1.32. The third kappa shape index (κ3) is 0.231. The number of hydrogen-bond donors (Lipinski definition) is 0. The van der Waals surface area contributed by atoms with Crippen LogP contribution >= 0.6 is 0 Å². The third-order valence-electron chi connectivity index (χ3n) is 0.309. The molecule has 2 nitrogen and oxygen atoms in total. The van der Waals surface area contributed by atoms with Crippen LogP contribution in [0.5, 0.6) is 0 Å². The normalized spacial score (nSPS) is 14.4. The number of rotatable bonds is 0. The van der Waals surface area contributed by atoms with E-state index < -0.39 is 0 Å². The second kappa shape index (κ2) is 0.826. The van der Waals surface area contributed by atoms with E-state index in [0.717, 1.165) is 0 Å². The summed E-state index contributed by atoms with van der Waals surface area (Å²) >= 11 is 0. The van der Waals surface area contributed by atoms with E-state index in [1.807, 2.05) is 0 Å². The van der Waals surface area contributed by atoms with Gasteiger partial charge in [0, 0.05) is 0 Å². The van der Waals surface area contributed by atoms with Gasteiger partial charge in [-0.3, -0.25) is 0 Å². The average Bonchev–Trinajstić information content (AvgIpc) is 1.76. The summed E-state index contributed by atoms with van der Waals surface area (Å²) in [7, 11) is 0. The first kappa shape index (κ1) is 2.36. The standard InChI is InChI=1S/C3H2NO/c1-2-5-3-4-1/h1,3H/q+1. The Hall–Kier alpha value is -0.880. The van der Waals surface area contributed by atoms with Crippen LogP contribution in [0, 0.1) is 6.26 Å². The molecule has 1 rings (SSSR count). The van der Waals surface area contributed by atoms with Crippen LogP contribution in [0.3, 0.4) is 0 Å². The van der Waals surface area contributed by atoms with Crippen LogP contribution in [0.2, 0.25) is 0 Å². The second-order valence-electron chi connectivity index (χ2n) is 0.619. The highest BCUT2D eigenvalue weighted by Gasteiger charge is 1.90. The van der Waals surface area contributed by atoms with Crippen molar-refractivity contribution in [2.75, 3.05) is 0 Å². The van der Waals surface area contributed by atoms with Gasteiger partial charge < -0.3 is 0 Å². The monoisotopic (exact) mass is 68.0 g/mol. The third-order valence-corrected chi connectivity index (χ3v) is 0.309. The first-order valence-corrected chi connectivity index (χ1v) is 1.24. The zero-order chi connectivity index (χ0) is 3.54. The molecule has 0 aliphatic carbocycles. The van der Waals surface area contributed by atoms with Crippen molar-refractivity contribution in [3.63, 3.8) is 0 Å². The van der Waals surface area contributed by atoms with E-state index in [9.17, 15) is 0 Å². The summed E-state index contributed by atoms with van der Waals surface area (Å²) in [5.41, 5.74) is 0. The van der Waals surface area contributed by atoms with Crippen molar-refractivity contribution < 1.29 is 4.74 Å². The SMILES string of the molecule is [C+]1=CN=CO1. The fourth-order valence-electron chi connectivity index (χ4n) is 0.152. The largest absolute Gasteiger partial charge is 0.343 e. The molecule has 0 bridgehead atoms. The van der Waals surface area contributed by atoms with Crippen molar-refractivity contribution in [2.45, 2.75) is 0 Å². The Morgan fingerprint density at radius 2 is 2.80 bits per heavy atom. The molecule has 0 atom stereocenters. The van der Waals surface area contributed by atoms with E-state index in [4.69, 9.17) is 0 Å². The van der Waals surface area contributed by atoms with Crippen molar-refractivity contribution in [1.82, 2.24) is 0 Å². The minimum Gasteiger partial charge on any atom is -0.212 e. The number of ether oxygens (including phenoxy) is 1. The summed E-state index contributed by atoms with van der Waals surface area (Å²) in [4.78, 5) is 3.50. The maximum atomic E-state index is 4.35. The highest BCUT2D eigenvalue weighted by molar-refractivity contribution is 5.49. The number of aliphatic imine (C=N–C) groups is 1. The van der Waals surface area contributed by atoms with Crippen molar-refractivity contribution in [2.24, 2.45) is 4.99 Å². The molecular weight excluding hydrogens is 66.0 g/mol. The first-order chi connectivity index (χ1) is 2.50. The van der Waals surface area contributed by atoms with E-state index in [1.165, 1.54) is 12.6 Å². The molecule has 5 heavy (non-hydrogen) atoms. The first-order valence-electron chi connectivity index (χ1n) is 1.24. The molecule has 1 heterocycles. The fraction of sp³-hybridized carbons (Fsp3) is 0. The van der Waals surface area contributed by atoms with Crippen LogP contribution in [0.1, 0.15) is 0 Å². The molecule has 0 aromatic carbocycles. The Morgan fingerprint density at radius 3 is 3.00 bits per heavy atom. The van der Waals surface area contributed by atoms with Crippen LogP contribution in [-0.2, 0) is 4.74 Å². The Balaban J connectivity index is 2.61. The van der Waals surface area contributed by atoms with Crippen molar-refractivity contribution in [1.29, 1.82) is 0 Å². The zero-order valence-electron chi connectivity index (χ0n) is 2.51. The van der Waals surface area contributed by atoms with E-state index >= 15 is 0 Å². The van der Waals surface area contributed by atoms with E-state index in [0.29, 0.717) is 0 Å². The van der Waals surface area contributed by atoms with Crippen molar-refractivity contribution in [3.8, 4) is 0 Å². The summed E-state index contributed by atoms with van der Waals surface area (Å²) in [5.74, 6) is 0. The topological polar surface area (TPSA) is 21.6 Å². The van der Waals surface area contributed by atoms with Gasteiger partial charge in [0.2, 0.25) is 6.20 Å². The highest BCUT2D eigenvalue weighted by atomic mass is 16.5. The second-order valence-corrected chi connectivity index (χ2v) is 0.619. The summed E-state index contributed by atoms with van der Waals surface area (Å²) in [6.07, 6.45) is 5.15. The zero-order valence-corrected chi connectivity index (χ0v) is 2.51. The molecule has 1 aliphatic heterocycles. The predicted molar refractivity (Wildman–Crippen MR) is 17.4 cm³/mol. The smallest absolute Gasteiger partial charge is 0.212 e. The molecule has 0 amide bonds. The van der Waals surface area contributed by atoms with Crippen LogP contribution < -0.4 is 0 Å². The summed E-state index contributed by atoms with van der Waals surface area (Å²) < 4.78 is 4.35. The lowest BCUT2D eigenvalue weighted by Gasteiger charge is -1.46. The minimum atomic E-state index is 1.32. The Bertz CT molecular complexity index is 65.0. The Morgan fingerprint density at radius 1 is 1.80 bits per heavy atom. The van der Waals surface area contributed by atoms with Gasteiger partial charge in [-0.15, -0.1) is 0 Å². The van der Waals surface area contributed by atoms with E-state index in [1.54, 1.807) is 0 Å². The van der Waals surface area contributed by atoms with Gasteiger partial charge in [-0.05, 0) is 0 Å². The van der Waals surface area contributed by atoms with Crippen molar-refractivity contribution >= 4 is 6.40 Å². The maximum Gasteiger partial charge on any atom is 0.343 e. The molecule has 2 heteroatoms. The summed E-state index contributed by atoms with van der Waals surface area (Å²) in [6, 6.07) is 0. The average molecular weight is 68.1 g/mol. The van der Waals surface area contributed by atoms with Crippen LogP contribution in [-0.4, -0.2) is 6.40 Å².